The summed E-state index contributed by atoms with van der Waals surface area (Å²) in [6.45, 7) is -0.0305. The second-order valence-corrected chi connectivity index (χ2v) is 6.50. The summed E-state index contributed by atoms with van der Waals surface area (Å²) in [6.07, 6.45) is 5.77. The van der Waals surface area contributed by atoms with Crippen LogP contribution in [0.4, 0.5) is 0 Å². The highest BCUT2D eigenvalue weighted by molar-refractivity contribution is 9.10. The summed E-state index contributed by atoms with van der Waals surface area (Å²) < 4.78 is 11.6. The summed E-state index contributed by atoms with van der Waals surface area (Å²) >= 11 is 3.52. The van der Waals surface area contributed by atoms with Gasteiger partial charge in [0.2, 0.25) is 0 Å². The number of halogens is 1. The molecule has 0 spiro atoms. The molecule has 3 rings (SSSR count). The zero-order valence-electron chi connectivity index (χ0n) is 12.0. The van der Waals surface area contributed by atoms with Crippen molar-refractivity contribution in [1.29, 1.82) is 0 Å². The number of hydrogen-bond donors (Lipinski definition) is 1. The van der Waals surface area contributed by atoms with Crippen LogP contribution in [0.3, 0.4) is 0 Å². The molecule has 0 amide bonds. The molecule has 2 atom stereocenters. The van der Waals surface area contributed by atoms with E-state index >= 15 is 0 Å². The minimum Gasteiger partial charge on any atom is -0.467 e. The molecule has 2 bridgehead atoms. The van der Waals surface area contributed by atoms with Gasteiger partial charge in [-0.05, 0) is 47.7 Å². The lowest BCUT2D eigenvalue weighted by molar-refractivity contribution is -0.157. The normalized spacial score (nSPS) is 31.1. The van der Waals surface area contributed by atoms with E-state index in [4.69, 9.17) is 9.47 Å². The van der Waals surface area contributed by atoms with Crippen LogP contribution in [-0.2, 0) is 19.9 Å². The summed E-state index contributed by atoms with van der Waals surface area (Å²) in [4.78, 5) is 15.8. The largest absolute Gasteiger partial charge is 0.467 e. The zero-order valence-corrected chi connectivity index (χ0v) is 13.6. The first-order valence-electron chi connectivity index (χ1n) is 7.21. The topological polar surface area (TPSA) is 60.5 Å². The first kappa shape index (κ1) is 14.9. The Hall–Kier alpha value is -0.980. The molecule has 0 aromatic carbocycles. The van der Waals surface area contributed by atoms with E-state index in [1.807, 2.05) is 12.1 Å². The second kappa shape index (κ2) is 6.02. The van der Waals surface area contributed by atoms with E-state index in [0.717, 1.165) is 35.8 Å². The van der Waals surface area contributed by atoms with E-state index in [1.165, 1.54) is 7.11 Å². The Morgan fingerprint density at radius 2 is 2.19 bits per heavy atom. The molecule has 6 heteroatoms. The Labute approximate surface area is 132 Å². The molecular formula is C15H19BrN2O3. The number of aromatic nitrogens is 1. The van der Waals surface area contributed by atoms with Crippen molar-refractivity contribution in [1.82, 2.24) is 10.3 Å². The molecule has 2 aliphatic heterocycles. The highest BCUT2D eigenvalue weighted by atomic mass is 79.9. The number of pyridine rings is 1. The quantitative estimate of drug-likeness (QED) is 0.663. The van der Waals surface area contributed by atoms with Crippen molar-refractivity contribution in [3.63, 3.8) is 0 Å². The van der Waals surface area contributed by atoms with E-state index in [2.05, 4.69) is 26.2 Å². The summed E-state index contributed by atoms with van der Waals surface area (Å²) in [5.74, 6) is -0.347. The highest BCUT2D eigenvalue weighted by Gasteiger charge is 2.47. The Morgan fingerprint density at radius 1 is 1.48 bits per heavy atom. The molecule has 0 saturated carbocycles. The number of esters is 1. The fourth-order valence-electron chi connectivity index (χ4n) is 3.50. The molecule has 114 valence electrons. The summed E-state index contributed by atoms with van der Waals surface area (Å²) in [5.41, 5.74) is 0.547. The molecule has 2 fully saturated rings. The summed E-state index contributed by atoms with van der Waals surface area (Å²) in [7, 11) is 1.38. The number of carbonyl (C=O) groups is 1. The standard InChI is InChI=1S/C15H19BrN2O3/c1-20-13(19)9-21-15(12-3-2-6-17-14(12)16)7-10-4-5-11(8-15)18-10/h2-3,6,10-11,18H,4-5,7-9H2,1H3. The van der Waals surface area contributed by atoms with Crippen molar-refractivity contribution >= 4 is 21.9 Å². The second-order valence-electron chi connectivity index (χ2n) is 5.75. The Morgan fingerprint density at radius 3 is 2.81 bits per heavy atom. The van der Waals surface area contributed by atoms with Gasteiger partial charge in [0.1, 0.15) is 11.2 Å². The molecule has 3 heterocycles. The highest BCUT2D eigenvalue weighted by Crippen LogP contribution is 2.45. The average molecular weight is 355 g/mol. The van der Waals surface area contributed by atoms with Crippen molar-refractivity contribution in [3.8, 4) is 0 Å². The molecule has 21 heavy (non-hydrogen) atoms. The lowest BCUT2D eigenvalue weighted by atomic mass is 9.82. The van der Waals surface area contributed by atoms with Crippen LogP contribution in [0.5, 0.6) is 0 Å². The molecule has 1 aromatic rings. The number of rotatable bonds is 4. The van der Waals surface area contributed by atoms with Crippen LogP contribution in [0.1, 0.15) is 31.2 Å². The number of hydrogen-bond acceptors (Lipinski definition) is 5. The van der Waals surface area contributed by atoms with Crippen LogP contribution >= 0.6 is 15.9 Å². The molecule has 2 aliphatic rings. The number of fused-ring (bicyclic) bond motifs is 2. The number of ether oxygens (including phenoxy) is 2. The predicted octanol–water partition coefficient (Wildman–Crippen LogP) is 2.14. The summed E-state index contributed by atoms with van der Waals surface area (Å²) in [6, 6.07) is 4.81. The maximum Gasteiger partial charge on any atom is 0.331 e. The Kier molecular flexibility index (Phi) is 4.28. The van der Waals surface area contributed by atoms with Gasteiger partial charge in [0, 0.05) is 23.8 Å². The van der Waals surface area contributed by atoms with Gasteiger partial charge >= 0.3 is 5.97 Å². The van der Waals surface area contributed by atoms with Gasteiger partial charge in [0.25, 0.3) is 0 Å². The first-order valence-corrected chi connectivity index (χ1v) is 8.00. The monoisotopic (exact) mass is 354 g/mol. The Balaban J connectivity index is 1.91. The first-order chi connectivity index (χ1) is 10.1. The van der Waals surface area contributed by atoms with E-state index in [0.29, 0.717) is 12.1 Å². The van der Waals surface area contributed by atoms with Gasteiger partial charge in [-0.1, -0.05) is 6.07 Å². The smallest absolute Gasteiger partial charge is 0.331 e. The number of methoxy groups -OCH3 is 1. The zero-order chi connectivity index (χ0) is 14.9. The number of carbonyl (C=O) groups excluding carboxylic acids is 1. The van der Waals surface area contributed by atoms with E-state index < -0.39 is 5.60 Å². The lowest BCUT2D eigenvalue weighted by Gasteiger charge is -2.41. The minimum atomic E-state index is -0.474. The van der Waals surface area contributed by atoms with Gasteiger partial charge < -0.3 is 14.8 Å². The number of piperidine rings is 1. The van der Waals surface area contributed by atoms with E-state index in [9.17, 15) is 4.79 Å². The molecule has 1 aromatic heterocycles. The Bertz CT molecular complexity index is 525. The van der Waals surface area contributed by atoms with Gasteiger partial charge in [-0.25, -0.2) is 9.78 Å². The van der Waals surface area contributed by atoms with Crippen LogP contribution in [0.25, 0.3) is 0 Å². The van der Waals surface area contributed by atoms with E-state index in [1.54, 1.807) is 6.20 Å². The van der Waals surface area contributed by atoms with Gasteiger partial charge in [-0.3, -0.25) is 0 Å². The minimum absolute atomic E-state index is 0.0305. The maximum atomic E-state index is 11.5. The molecule has 2 unspecified atom stereocenters. The molecule has 1 N–H and O–H groups in total. The van der Waals surface area contributed by atoms with E-state index in [-0.39, 0.29) is 12.6 Å². The summed E-state index contributed by atoms with van der Waals surface area (Å²) in [5, 5.41) is 3.60. The number of nitrogens with zero attached hydrogens (tertiary/aromatic N) is 1. The molecule has 2 saturated heterocycles. The molecular weight excluding hydrogens is 336 g/mol. The predicted molar refractivity (Wildman–Crippen MR) is 80.8 cm³/mol. The van der Waals surface area contributed by atoms with Gasteiger partial charge in [-0.2, -0.15) is 0 Å². The fourth-order valence-corrected chi connectivity index (χ4v) is 4.11. The van der Waals surface area contributed by atoms with Gasteiger partial charge in [0.15, 0.2) is 0 Å². The molecule has 5 nitrogen and oxygen atoms in total. The van der Waals surface area contributed by atoms with Gasteiger partial charge in [0.05, 0.1) is 12.7 Å². The van der Waals surface area contributed by atoms with Gasteiger partial charge in [-0.15, -0.1) is 0 Å². The average Bonchev–Trinajstić information content (AvgIpc) is 2.84. The molecule has 0 radical (unpaired) electrons. The van der Waals surface area contributed by atoms with Crippen LogP contribution in [-0.4, -0.2) is 36.8 Å². The third-order valence-corrected chi connectivity index (χ3v) is 5.06. The third-order valence-electron chi connectivity index (χ3n) is 4.43. The van der Waals surface area contributed by atoms with Crippen LogP contribution in [0, 0.1) is 0 Å². The SMILES string of the molecule is COC(=O)COC1(c2cccnc2Br)CC2CCC(C1)N2. The van der Waals surface area contributed by atoms with Crippen LogP contribution < -0.4 is 5.32 Å². The third kappa shape index (κ3) is 2.98. The van der Waals surface area contributed by atoms with Crippen molar-refractivity contribution in [2.75, 3.05) is 13.7 Å². The van der Waals surface area contributed by atoms with Crippen molar-refractivity contribution in [2.45, 2.75) is 43.4 Å². The maximum absolute atomic E-state index is 11.5. The lowest BCUT2D eigenvalue weighted by Crippen LogP contribution is -2.49. The fraction of sp³-hybridized carbons (Fsp3) is 0.600. The van der Waals surface area contributed by atoms with Crippen LogP contribution in [0.2, 0.25) is 0 Å². The van der Waals surface area contributed by atoms with Crippen molar-refractivity contribution < 1.29 is 14.3 Å². The number of nitrogens with one attached hydrogen (secondary N) is 1. The van der Waals surface area contributed by atoms with Crippen molar-refractivity contribution in [2.24, 2.45) is 0 Å². The van der Waals surface area contributed by atoms with Crippen molar-refractivity contribution in [3.05, 3.63) is 28.5 Å². The van der Waals surface area contributed by atoms with Crippen LogP contribution in [0.15, 0.2) is 22.9 Å². The molecule has 0 aliphatic carbocycles.